The van der Waals surface area contributed by atoms with Crippen LogP contribution in [0.15, 0.2) is 43.0 Å². The molecule has 0 saturated carbocycles. The van der Waals surface area contributed by atoms with Crippen molar-refractivity contribution in [1.29, 1.82) is 0 Å². The summed E-state index contributed by atoms with van der Waals surface area (Å²) in [7, 11) is 0. The molecular formula is C32H48N6O8S. The van der Waals surface area contributed by atoms with Crippen LogP contribution in [0, 0.1) is 5.92 Å². The third-order valence-electron chi connectivity index (χ3n) is 6.90. The third-order valence-corrected chi connectivity index (χ3v) is 7.55. The lowest BCUT2D eigenvalue weighted by molar-refractivity contribution is -0.138. The van der Waals surface area contributed by atoms with Crippen molar-refractivity contribution in [3.63, 3.8) is 0 Å². The van der Waals surface area contributed by atoms with Crippen LogP contribution in [0.1, 0.15) is 51.5 Å². The second-order valence-corrected chi connectivity index (χ2v) is 12.2. The molecule has 14 nitrogen and oxygen atoms in total. The van der Waals surface area contributed by atoms with Gasteiger partial charge >= 0.3 is 5.97 Å². The van der Waals surface area contributed by atoms with E-state index in [0.29, 0.717) is 38.0 Å². The zero-order chi connectivity index (χ0) is 35.2. The fourth-order valence-electron chi connectivity index (χ4n) is 4.50. The number of aliphatic carboxylic acids is 1. The van der Waals surface area contributed by atoms with Gasteiger partial charge in [0.15, 0.2) is 0 Å². The molecule has 0 radical (unpaired) electrons. The molecule has 260 valence electrons. The minimum absolute atomic E-state index is 0.0188. The van der Waals surface area contributed by atoms with E-state index in [0.717, 1.165) is 11.6 Å². The number of hydrogen-bond donors (Lipinski definition) is 7. The number of carbonyl (C=O) groups excluding carboxylic acids is 6. The molecule has 1 aromatic rings. The van der Waals surface area contributed by atoms with Gasteiger partial charge in [-0.3, -0.25) is 33.6 Å². The number of rotatable bonds is 24. The summed E-state index contributed by atoms with van der Waals surface area (Å²) in [6.45, 7) is 6.78. The van der Waals surface area contributed by atoms with E-state index in [1.807, 2.05) is 20.1 Å². The minimum atomic E-state index is -1.26. The third kappa shape index (κ3) is 17.2. The summed E-state index contributed by atoms with van der Waals surface area (Å²) in [5.74, 6) is -3.59. The molecule has 0 aliphatic heterocycles. The predicted molar refractivity (Wildman–Crippen MR) is 179 cm³/mol. The van der Waals surface area contributed by atoms with Gasteiger partial charge in [-0.25, -0.2) is 0 Å². The average Bonchev–Trinajstić information content (AvgIpc) is 3.03. The van der Waals surface area contributed by atoms with Crippen molar-refractivity contribution < 1.29 is 38.7 Å². The number of thioether (sulfide) groups is 1. The van der Waals surface area contributed by atoms with Crippen LogP contribution in [-0.2, 0) is 40.0 Å². The van der Waals surface area contributed by atoms with E-state index in [-0.39, 0.29) is 31.1 Å². The maximum Gasteiger partial charge on any atom is 0.322 e. The highest BCUT2D eigenvalue weighted by Gasteiger charge is 2.31. The minimum Gasteiger partial charge on any atom is -0.480 e. The molecule has 0 bridgehead atoms. The van der Waals surface area contributed by atoms with Gasteiger partial charge in [0.2, 0.25) is 35.9 Å². The Morgan fingerprint density at radius 3 is 2.04 bits per heavy atom. The van der Waals surface area contributed by atoms with Gasteiger partial charge in [0, 0.05) is 13.0 Å². The SMILES string of the molecule is C=CC(=O)NCCCC[C@H](NC(=O)[C@H](Cc1ccccc1)NC(=O)[C@H](CC(C)C)NC(=O)[C@H](CCSC)NC=O)C(=O)NCC(=O)O. The fraction of sp³-hybridized carbons (Fsp3) is 0.531. The van der Waals surface area contributed by atoms with Gasteiger partial charge in [-0.15, -0.1) is 0 Å². The summed E-state index contributed by atoms with van der Waals surface area (Å²) in [6, 6.07) is 4.72. The molecule has 4 atom stereocenters. The number of nitrogens with one attached hydrogen (secondary N) is 6. The van der Waals surface area contributed by atoms with E-state index in [2.05, 4.69) is 38.5 Å². The average molecular weight is 677 g/mol. The van der Waals surface area contributed by atoms with Crippen molar-refractivity contribution in [3.05, 3.63) is 48.6 Å². The Bertz CT molecular complexity index is 1200. The Labute approximate surface area is 280 Å². The van der Waals surface area contributed by atoms with Crippen molar-refractivity contribution in [2.45, 2.75) is 76.5 Å². The number of benzene rings is 1. The van der Waals surface area contributed by atoms with Crippen LogP contribution in [0.4, 0.5) is 0 Å². The molecule has 1 aromatic carbocycles. The molecule has 0 saturated heterocycles. The zero-order valence-electron chi connectivity index (χ0n) is 27.2. The quantitative estimate of drug-likeness (QED) is 0.0454. The lowest BCUT2D eigenvalue weighted by Gasteiger charge is -2.27. The van der Waals surface area contributed by atoms with Crippen molar-refractivity contribution in [2.24, 2.45) is 5.92 Å². The molecule has 7 N–H and O–H groups in total. The summed E-state index contributed by atoms with van der Waals surface area (Å²) < 4.78 is 0. The first-order valence-electron chi connectivity index (χ1n) is 15.4. The molecule has 6 amide bonds. The molecule has 0 aromatic heterocycles. The van der Waals surface area contributed by atoms with E-state index < -0.39 is 60.3 Å². The van der Waals surface area contributed by atoms with E-state index in [1.165, 1.54) is 11.8 Å². The second-order valence-electron chi connectivity index (χ2n) is 11.2. The monoisotopic (exact) mass is 676 g/mol. The summed E-state index contributed by atoms with van der Waals surface area (Å²) >= 11 is 1.50. The number of amides is 6. The number of carboxylic acid groups (broad SMARTS) is 1. The van der Waals surface area contributed by atoms with Gasteiger partial charge in [0.05, 0.1) is 0 Å². The number of unbranched alkanes of at least 4 members (excludes halogenated alkanes) is 1. The summed E-state index contributed by atoms with van der Waals surface area (Å²) in [4.78, 5) is 86.9. The van der Waals surface area contributed by atoms with Crippen LogP contribution in [0.5, 0.6) is 0 Å². The maximum absolute atomic E-state index is 13.7. The highest BCUT2D eigenvalue weighted by molar-refractivity contribution is 7.98. The summed E-state index contributed by atoms with van der Waals surface area (Å²) in [5, 5.41) is 24.5. The van der Waals surface area contributed by atoms with E-state index in [4.69, 9.17) is 5.11 Å². The van der Waals surface area contributed by atoms with Crippen molar-refractivity contribution in [1.82, 2.24) is 31.9 Å². The highest BCUT2D eigenvalue weighted by Crippen LogP contribution is 2.10. The maximum atomic E-state index is 13.7. The fourth-order valence-corrected chi connectivity index (χ4v) is 4.97. The van der Waals surface area contributed by atoms with Gasteiger partial charge in [0.25, 0.3) is 0 Å². The van der Waals surface area contributed by atoms with Crippen LogP contribution >= 0.6 is 11.8 Å². The van der Waals surface area contributed by atoms with Crippen LogP contribution in [-0.4, -0.2) is 96.3 Å². The largest absolute Gasteiger partial charge is 0.480 e. The molecule has 0 spiro atoms. The van der Waals surface area contributed by atoms with Crippen LogP contribution in [0.25, 0.3) is 0 Å². The smallest absolute Gasteiger partial charge is 0.322 e. The molecule has 15 heteroatoms. The van der Waals surface area contributed by atoms with Crippen molar-refractivity contribution >= 4 is 53.7 Å². The summed E-state index contributed by atoms with van der Waals surface area (Å²) in [6.07, 6.45) is 5.08. The zero-order valence-corrected chi connectivity index (χ0v) is 28.0. The Balaban J connectivity index is 3.21. The van der Waals surface area contributed by atoms with Crippen LogP contribution in [0.3, 0.4) is 0 Å². The number of hydrogen-bond acceptors (Lipinski definition) is 8. The van der Waals surface area contributed by atoms with E-state index in [1.54, 1.807) is 30.3 Å². The Morgan fingerprint density at radius 1 is 0.830 bits per heavy atom. The number of carboxylic acids is 1. The predicted octanol–water partition coefficient (Wildman–Crippen LogP) is 0.271. The van der Waals surface area contributed by atoms with E-state index >= 15 is 0 Å². The van der Waals surface area contributed by atoms with Gasteiger partial charge in [0.1, 0.15) is 30.7 Å². The molecule has 47 heavy (non-hydrogen) atoms. The first kappa shape index (κ1) is 40.6. The molecule has 0 fully saturated rings. The van der Waals surface area contributed by atoms with Gasteiger partial charge in [-0.05, 0) is 61.7 Å². The lowest BCUT2D eigenvalue weighted by Crippen LogP contribution is -2.58. The summed E-state index contributed by atoms with van der Waals surface area (Å²) in [5.41, 5.74) is 0.717. The van der Waals surface area contributed by atoms with Crippen molar-refractivity contribution in [2.75, 3.05) is 25.1 Å². The van der Waals surface area contributed by atoms with Crippen LogP contribution in [0.2, 0.25) is 0 Å². The molecule has 0 aliphatic carbocycles. The van der Waals surface area contributed by atoms with Crippen molar-refractivity contribution in [3.8, 4) is 0 Å². The normalized spacial score (nSPS) is 13.2. The van der Waals surface area contributed by atoms with Gasteiger partial charge < -0.3 is 37.0 Å². The topological polar surface area (TPSA) is 212 Å². The van der Waals surface area contributed by atoms with Crippen LogP contribution < -0.4 is 31.9 Å². The molecule has 0 aliphatic rings. The first-order chi connectivity index (χ1) is 22.4. The second kappa shape index (κ2) is 23.0. The lowest BCUT2D eigenvalue weighted by atomic mass is 10.00. The number of carbonyl (C=O) groups is 7. The molecule has 0 unspecified atom stereocenters. The Morgan fingerprint density at radius 2 is 1.45 bits per heavy atom. The van der Waals surface area contributed by atoms with Gasteiger partial charge in [-0.1, -0.05) is 50.8 Å². The Hall–Kier alpha value is -4.40. The van der Waals surface area contributed by atoms with Gasteiger partial charge in [-0.2, -0.15) is 11.8 Å². The molecule has 1 rings (SSSR count). The first-order valence-corrected chi connectivity index (χ1v) is 16.8. The van der Waals surface area contributed by atoms with E-state index in [9.17, 15) is 33.6 Å². The molecular weight excluding hydrogens is 628 g/mol. The Kier molecular flexibility index (Phi) is 19.9. The standard InChI is InChI=1S/C32H48N6O8S/c1-5-27(40)33-15-10-9-13-24(29(43)34-19-28(41)42)36-32(46)26(18-22-11-7-6-8-12-22)38-31(45)25(17-21(2)3)37-30(44)23(35-20-39)14-16-47-4/h5-8,11-12,20-21,23-26H,1,9-10,13-19H2,2-4H3,(H,33,40)(H,34,43)(H,35,39)(H,36,46)(H,37,44)(H,38,45)(H,41,42)/t23-,24-,25-,26-/m0/s1. The molecule has 0 heterocycles. The highest BCUT2D eigenvalue weighted by atomic mass is 32.2.